The smallest absolute Gasteiger partial charge is 0.148 e. The lowest BCUT2D eigenvalue weighted by atomic mass is 10.1. The predicted molar refractivity (Wildman–Crippen MR) is 54.4 cm³/mol. The molecule has 4 heteroatoms. The van der Waals surface area contributed by atoms with Crippen LogP contribution >= 0.6 is 11.5 Å². The van der Waals surface area contributed by atoms with Crippen molar-refractivity contribution in [1.82, 2.24) is 4.37 Å². The molecule has 1 atom stereocenters. The van der Waals surface area contributed by atoms with Gasteiger partial charge in [0.2, 0.25) is 0 Å². The van der Waals surface area contributed by atoms with Crippen molar-refractivity contribution in [2.45, 2.75) is 20.0 Å². The summed E-state index contributed by atoms with van der Waals surface area (Å²) in [7, 11) is 0. The zero-order valence-corrected chi connectivity index (χ0v) is 8.84. The molecule has 0 radical (unpaired) electrons. The summed E-state index contributed by atoms with van der Waals surface area (Å²) in [4.78, 5) is 0.820. The molecule has 0 aliphatic carbocycles. The van der Waals surface area contributed by atoms with Gasteiger partial charge in [-0.1, -0.05) is 0 Å². The summed E-state index contributed by atoms with van der Waals surface area (Å²) < 4.78 is 9.34. The third kappa shape index (κ3) is 1.58. The second kappa shape index (κ2) is 3.55. The number of furan rings is 1. The van der Waals surface area contributed by atoms with Crippen molar-refractivity contribution >= 4 is 11.5 Å². The normalized spacial score (nSPS) is 13.1. The first-order chi connectivity index (χ1) is 6.68. The molecule has 3 nitrogen and oxygen atoms in total. The van der Waals surface area contributed by atoms with Gasteiger partial charge in [0.25, 0.3) is 0 Å². The van der Waals surface area contributed by atoms with E-state index in [0.29, 0.717) is 5.76 Å². The summed E-state index contributed by atoms with van der Waals surface area (Å²) >= 11 is 1.30. The van der Waals surface area contributed by atoms with Gasteiger partial charge in [0.15, 0.2) is 0 Å². The SMILES string of the molecule is Cc1cc(C(O)c2occc2C)sn1. The highest BCUT2D eigenvalue weighted by Gasteiger charge is 2.18. The second-order valence-corrected chi connectivity index (χ2v) is 4.08. The van der Waals surface area contributed by atoms with Crippen molar-refractivity contribution in [3.8, 4) is 0 Å². The maximum atomic E-state index is 9.95. The van der Waals surface area contributed by atoms with E-state index in [1.807, 2.05) is 26.0 Å². The van der Waals surface area contributed by atoms with Crippen LogP contribution < -0.4 is 0 Å². The van der Waals surface area contributed by atoms with Crippen LogP contribution in [0.2, 0.25) is 0 Å². The molecule has 2 heterocycles. The van der Waals surface area contributed by atoms with Gasteiger partial charge >= 0.3 is 0 Å². The highest BCUT2D eigenvalue weighted by Crippen LogP contribution is 2.28. The summed E-state index contributed by atoms with van der Waals surface area (Å²) in [5, 5.41) is 9.95. The lowest BCUT2D eigenvalue weighted by Crippen LogP contribution is -1.96. The van der Waals surface area contributed by atoms with Crippen LogP contribution in [-0.2, 0) is 0 Å². The van der Waals surface area contributed by atoms with Crippen LogP contribution in [0.5, 0.6) is 0 Å². The minimum absolute atomic E-state index is 0.605. The quantitative estimate of drug-likeness (QED) is 0.826. The van der Waals surface area contributed by atoms with Crippen molar-refractivity contribution in [3.05, 3.63) is 40.3 Å². The first-order valence-electron chi connectivity index (χ1n) is 4.34. The number of aliphatic hydroxyl groups is 1. The monoisotopic (exact) mass is 209 g/mol. The Morgan fingerprint density at radius 2 is 2.29 bits per heavy atom. The Morgan fingerprint density at radius 1 is 1.50 bits per heavy atom. The van der Waals surface area contributed by atoms with E-state index in [4.69, 9.17) is 4.42 Å². The molecule has 2 rings (SSSR count). The molecule has 2 aromatic rings. The molecular formula is C10H11NO2S. The molecule has 0 aliphatic rings. The van der Waals surface area contributed by atoms with E-state index >= 15 is 0 Å². The third-order valence-corrected chi connectivity index (χ3v) is 3.00. The maximum Gasteiger partial charge on any atom is 0.148 e. The Kier molecular flexibility index (Phi) is 2.39. The zero-order valence-electron chi connectivity index (χ0n) is 8.02. The predicted octanol–water partition coefficient (Wildman–Crippen LogP) is 2.43. The van der Waals surface area contributed by atoms with Gasteiger partial charge in [-0.15, -0.1) is 0 Å². The Labute approximate surface area is 86.2 Å². The van der Waals surface area contributed by atoms with Gasteiger partial charge in [0.1, 0.15) is 11.9 Å². The van der Waals surface area contributed by atoms with Gasteiger partial charge < -0.3 is 9.52 Å². The zero-order chi connectivity index (χ0) is 10.1. The van der Waals surface area contributed by atoms with Gasteiger partial charge in [-0.2, -0.15) is 4.37 Å². The fourth-order valence-corrected chi connectivity index (χ4v) is 2.04. The van der Waals surface area contributed by atoms with Crippen LogP contribution in [0, 0.1) is 13.8 Å². The summed E-state index contributed by atoms with van der Waals surface area (Å²) in [5.74, 6) is 0.605. The summed E-state index contributed by atoms with van der Waals surface area (Å²) in [6.07, 6.45) is 0.901. The molecule has 0 amide bonds. The standard InChI is InChI=1S/C10H11NO2S/c1-6-3-4-13-10(6)9(12)8-5-7(2)11-14-8/h3-5,9,12H,1-2H3. The largest absolute Gasteiger partial charge is 0.466 e. The molecule has 14 heavy (non-hydrogen) atoms. The Hall–Kier alpha value is -1.13. The van der Waals surface area contributed by atoms with Gasteiger partial charge in [-0.05, 0) is 43.1 Å². The number of hydrogen-bond acceptors (Lipinski definition) is 4. The lowest BCUT2D eigenvalue weighted by Gasteiger charge is -2.04. The molecule has 74 valence electrons. The average molecular weight is 209 g/mol. The lowest BCUT2D eigenvalue weighted by molar-refractivity contribution is 0.192. The molecule has 0 bridgehead atoms. The summed E-state index contributed by atoms with van der Waals surface area (Å²) in [6.45, 7) is 3.82. The topological polar surface area (TPSA) is 46.3 Å². The van der Waals surface area contributed by atoms with Gasteiger partial charge in [-0.25, -0.2) is 0 Å². The van der Waals surface area contributed by atoms with E-state index in [1.54, 1.807) is 6.26 Å². The van der Waals surface area contributed by atoms with Crippen molar-refractivity contribution in [2.24, 2.45) is 0 Å². The number of aryl methyl sites for hydroxylation is 2. The van der Waals surface area contributed by atoms with Crippen molar-refractivity contribution < 1.29 is 9.52 Å². The van der Waals surface area contributed by atoms with Crippen LogP contribution in [0.1, 0.15) is 28.0 Å². The van der Waals surface area contributed by atoms with E-state index < -0.39 is 6.10 Å². The molecule has 0 saturated heterocycles. The molecular weight excluding hydrogens is 198 g/mol. The van der Waals surface area contributed by atoms with E-state index in [1.165, 1.54) is 11.5 Å². The Morgan fingerprint density at radius 3 is 2.79 bits per heavy atom. The van der Waals surface area contributed by atoms with Crippen molar-refractivity contribution in [3.63, 3.8) is 0 Å². The van der Waals surface area contributed by atoms with Crippen LogP contribution in [0.25, 0.3) is 0 Å². The van der Waals surface area contributed by atoms with Crippen molar-refractivity contribution in [2.75, 3.05) is 0 Å². The molecule has 1 N–H and O–H groups in total. The highest BCUT2D eigenvalue weighted by molar-refractivity contribution is 7.05. The first kappa shape index (κ1) is 9.43. The molecule has 0 saturated carbocycles. The van der Waals surface area contributed by atoms with Crippen LogP contribution in [0.4, 0.5) is 0 Å². The minimum Gasteiger partial charge on any atom is -0.466 e. The molecule has 0 spiro atoms. The Bertz CT molecular complexity index is 433. The molecule has 0 aliphatic heterocycles. The summed E-state index contributed by atoms with van der Waals surface area (Å²) in [6, 6.07) is 3.71. The van der Waals surface area contributed by atoms with E-state index in [-0.39, 0.29) is 0 Å². The first-order valence-corrected chi connectivity index (χ1v) is 5.11. The fraction of sp³-hybridized carbons (Fsp3) is 0.300. The van der Waals surface area contributed by atoms with Crippen LogP contribution in [0.15, 0.2) is 22.8 Å². The van der Waals surface area contributed by atoms with E-state index in [9.17, 15) is 5.11 Å². The minimum atomic E-state index is -0.684. The van der Waals surface area contributed by atoms with Gasteiger partial charge in [0.05, 0.1) is 16.8 Å². The second-order valence-electron chi connectivity index (χ2n) is 3.24. The highest BCUT2D eigenvalue weighted by atomic mass is 32.1. The number of hydrogen-bond donors (Lipinski definition) is 1. The fourth-order valence-electron chi connectivity index (χ4n) is 1.31. The summed E-state index contributed by atoms with van der Waals surface area (Å²) in [5.41, 5.74) is 1.89. The number of aromatic nitrogens is 1. The number of nitrogens with zero attached hydrogens (tertiary/aromatic N) is 1. The molecule has 2 aromatic heterocycles. The molecule has 1 unspecified atom stereocenters. The van der Waals surface area contributed by atoms with E-state index in [0.717, 1.165) is 16.1 Å². The molecule has 0 aromatic carbocycles. The number of rotatable bonds is 2. The van der Waals surface area contributed by atoms with Crippen LogP contribution in [-0.4, -0.2) is 9.48 Å². The number of aliphatic hydroxyl groups excluding tert-OH is 1. The van der Waals surface area contributed by atoms with E-state index in [2.05, 4.69) is 4.37 Å². The van der Waals surface area contributed by atoms with Crippen LogP contribution in [0.3, 0.4) is 0 Å². The third-order valence-electron chi connectivity index (χ3n) is 2.07. The van der Waals surface area contributed by atoms with Gasteiger partial charge in [-0.3, -0.25) is 0 Å². The van der Waals surface area contributed by atoms with Gasteiger partial charge in [0, 0.05) is 0 Å². The average Bonchev–Trinajstić information content (AvgIpc) is 2.73. The maximum absolute atomic E-state index is 9.95. The molecule has 0 fully saturated rings. The Balaban J connectivity index is 2.33. The van der Waals surface area contributed by atoms with Crippen molar-refractivity contribution in [1.29, 1.82) is 0 Å².